The molecule has 12 heteroatoms. The number of piperazine rings is 1. The molecule has 2 saturated heterocycles. The summed E-state index contributed by atoms with van der Waals surface area (Å²) < 4.78 is 31.4. The average molecular weight is 628 g/mol. The van der Waals surface area contributed by atoms with Crippen molar-refractivity contribution in [2.24, 2.45) is 5.73 Å². The minimum absolute atomic E-state index is 0.0184. The summed E-state index contributed by atoms with van der Waals surface area (Å²) in [6, 6.07) is 5.27. The van der Waals surface area contributed by atoms with Crippen molar-refractivity contribution in [1.29, 1.82) is 0 Å². The Bertz CT molecular complexity index is 1530. The molecular weight excluding hydrogens is 588 g/mol. The van der Waals surface area contributed by atoms with E-state index < -0.39 is 17.4 Å². The maximum atomic E-state index is 16.5. The molecule has 3 N–H and O–H groups in total. The van der Waals surface area contributed by atoms with Crippen LogP contribution in [0.3, 0.4) is 0 Å². The monoisotopic (exact) mass is 627 g/mol. The van der Waals surface area contributed by atoms with Gasteiger partial charge in [-0.3, -0.25) is 9.69 Å². The van der Waals surface area contributed by atoms with E-state index in [4.69, 9.17) is 22.3 Å². The van der Waals surface area contributed by atoms with Crippen molar-refractivity contribution in [3.05, 3.63) is 53.6 Å². The molecule has 3 heterocycles. The lowest BCUT2D eigenvalue weighted by atomic mass is 10.00. The van der Waals surface area contributed by atoms with Crippen LogP contribution in [0, 0.1) is 11.6 Å². The van der Waals surface area contributed by atoms with Gasteiger partial charge in [0.2, 0.25) is 11.9 Å². The van der Waals surface area contributed by atoms with E-state index in [0.29, 0.717) is 55.9 Å². The highest BCUT2D eigenvalue weighted by atomic mass is 35.5. The Balaban J connectivity index is 1.56. The molecule has 1 amide bonds. The highest BCUT2D eigenvalue weighted by Gasteiger charge is 2.36. The van der Waals surface area contributed by atoms with E-state index in [0.717, 1.165) is 31.9 Å². The molecular formula is C32H40ClF2N7O2. The van der Waals surface area contributed by atoms with Gasteiger partial charge in [-0.2, -0.15) is 4.98 Å². The number of halogens is 3. The van der Waals surface area contributed by atoms with Crippen molar-refractivity contribution in [3.8, 4) is 16.9 Å². The first kappa shape index (κ1) is 31.9. The number of unbranched alkanes of at least 4 members (excludes halogenated alkanes) is 2. The van der Waals surface area contributed by atoms with E-state index in [2.05, 4.69) is 23.5 Å². The molecule has 0 saturated carbocycles. The Morgan fingerprint density at radius 2 is 1.89 bits per heavy atom. The molecule has 0 spiro atoms. The van der Waals surface area contributed by atoms with Gasteiger partial charge in [-0.15, -0.1) is 0 Å². The number of nitrogens with two attached hydrogens (primary N) is 1. The van der Waals surface area contributed by atoms with Crippen LogP contribution in [0.25, 0.3) is 22.0 Å². The van der Waals surface area contributed by atoms with Crippen LogP contribution in [0.4, 0.5) is 20.5 Å². The molecule has 2 aromatic carbocycles. The molecule has 9 nitrogen and oxygen atoms in total. The predicted molar refractivity (Wildman–Crippen MR) is 171 cm³/mol. The van der Waals surface area contributed by atoms with E-state index in [1.54, 1.807) is 4.90 Å². The number of hydrogen-bond acceptors (Lipinski definition) is 8. The molecule has 2 fully saturated rings. The number of anilines is 2. The quantitative estimate of drug-likeness (QED) is 0.244. The van der Waals surface area contributed by atoms with Gasteiger partial charge in [-0.1, -0.05) is 30.7 Å². The number of carbonyl (C=O) groups is 1. The highest BCUT2D eigenvalue weighted by Crippen LogP contribution is 2.43. The van der Waals surface area contributed by atoms with Crippen molar-refractivity contribution in [2.75, 3.05) is 56.1 Å². The lowest BCUT2D eigenvalue weighted by Crippen LogP contribution is -2.59. The van der Waals surface area contributed by atoms with Gasteiger partial charge in [0, 0.05) is 55.3 Å². The van der Waals surface area contributed by atoms with Crippen molar-refractivity contribution < 1.29 is 18.7 Å². The summed E-state index contributed by atoms with van der Waals surface area (Å²) in [6.45, 7) is 11.4. The van der Waals surface area contributed by atoms with Gasteiger partial charge < -0.3 is 25.5 Å². The number of aromatic hydroxyl groups is 1. The van der Waals surface area contributed by atoms with E-state index in [-0.39, 0.29) is 39.7 Å². The lowest BCUT2D eigenvalue weighted by Gasteiger charge is -2.46. The molecule has 2 aliphatic heterocycles. The zero-order valence-corrected chi connectivity index (χ0v) is 26.2. The van der Waals surface area contributed by atoms with E-state index in [1.165, 1.54) is 24.3 Å². The summed E-state index contributed by atoms with van der Waals surface area (Å²) in [5, 5.41) is 10.8. The summed E-state index contributed by atoms with van der Waals surface area (Å²) in [6.07, 6.45) is 4.46. The Labute approximate surface area is 261 Å². The molecule has 0 radical (unpaired) electrons. The predicted octanol–water partition coefficient (Wildman–Crippen LogP) is 4.80. The SMILES string of the molecule is C=CC(=O)N1C[C@H](C)N(c2nc(N3CC(N(C)CCCCCN)C3)nc3c(F)c(-c4c(O)cccc4F)c(Cl)cc23)C[C@H]1C. The van der Waals surface area contributed by atoms with E-state index in [9.17, 15) is 14.3 Å². The van der Waals surface area contributed by atoms with Crippen molar-refractivity contribution in [3.63, 3.8) is 0 Å². The number of carbonyl (C=O) groups excluding carboxylic acids is 1. The van der Waals surface area contributed by atoms with Crippen molar-refractivity contribution in [2.45, 2.75) is 51.2 Å². The fraction of sp³-hybridized carbons (Fsp3) is 0.469. The van der Waals surface area contributed by atoms with Crippen LogP contribution in [0.5, 0.6) is 5.75 Å². The van der Waals surface area contributed by atoms with E-state index >= 15 is 4.39 Å². The Kier molecular flexibility index (Phi) is 9.57. The molecule has 3 aromatic rings. The summed E-state index contributed by atoms with van der Waals surface area (Å²) >= 11 is 6.62. The average Bonchev–Trinajstić information content (AvgIpc) is 2.96. The number of rotatable bonds is 10. The number of amides is 1. The lowest BCUT2D eigenvalue weighted by molar-refractivity contribution is -0.128. The minimum atomic E-state index is -0.840. The molecule has 236 valence electrons. The maximum absolute atomic E-state index is 16.5. The van der Waals surface area contributed by atoms with Gasteiger partial charge in [0.05, 0.1) is 10.6 Å². The largest absolute Gasteiger partial charge is 0.507 e. The first-order valence-corrected chi connectivity index (χ1v) is 15.5. The van der Waals surface area contributed by atoms with Gasteiger partial charge in [-0.25, -0.2) is 13.8 Å². The van der Waals surface area contributed by atoms with Crippen LogP contribution in [0.15, 0.2) is 36.9 Å². The smallest absolute Gasteiger partial charge is 0.246 e. The molecule has 0 bridgehead atoms. The summed E-state index contributed by atoms with van der Waals surface area (Å²) in [4.78, 5) is 30.2. The number of nitrogens with zero attached hydrogens (tertiary/aromatic N) is 6. The fourth-order valence-corrected chi connectivity index (χ4v) is 6.41. The van der Waals surface area contributed by atoms with Crippen molar-refractivity contribution >= 4 is 40.2 Å². The topological polar surface area (TPSA) is 102 Å². The van der Waals surface area contributed by atoms with Crippen molar-refractivity contribution in [1.82, 2.24) is 19.8 Å². The van der Waals surface area contributed by atoms with Gasteiger partial charge in [0.1, 0.15) is 22.9 Å². The van der Waals surface area contributed by atoms with Gasteiger partial charge in [0.25, 0.3) is 0 Å². The number of benzene rings is 2. The Hall–Kier alpha value is -3.54. The molecule has 5 rings (SSSR count). The summed E-state index contributed by atoms with van der Waals surface area (Å²) in [5.74, 6) is -1.38. The Morgan fingerprint density at radius 3 is 2.57 bits per heavy atom. The first-order valence-electron chi connectivity index (χ1n) is 15.1. The highest BCUT2D eigenvalue weighted by molar-refractivity contribution is 6.34. The van der Waals surface area contributed by atoms with E-state index in [1.807, 2.05) is 23.6 Å². The zero-order valence-electron chi connectivity index (χ0n) is 25.4. The van der Waals surface area contributed by atoms with Crippen LogP contribution in [-0.2, 0) is 4.79 Å². The standard InChI is InChI=1S/C32H40ClF2N7O2/c1-5-26(44)41-15-20(3)42(16-19(41)2)31-22-14-23(33)27(28-24(34)10-9-11-25(28)43)29(35)30(22)37-32(38-31)40-17-21(18-40)39(4)13-8-6-7-12-36/h5,9-11,14,19-21,43H,1,6-8,12-13,15-18,36H2,2-4H3/t19-,20+/m1/s1. The van der Waals surface area contributed by atoms with Crippen LogP contribution in [0.1, 0.15) is 33.1 Å². The number of fused-ring (bicyclic) bond motifs is 1. The minimum Gasteiger partial charge on any atom is -0.507 e. The molecule has 2 atom stereocenters. The Morgan fingerprint density at radius 1 is 1.14 bits per heavy atom. The second-order valence-electron chi connectivity index (χ2n) is 11.9. The first-order chi connectivity index (χ1) is 21.0. The fourth-order valence-electron chi connectivity index (χ4n) is 6.13. The van der Waals surface area contributed by atoms with Crippen LogP contribution in [-0.4, -0.2) is 95.2 Å². The molecule has 0 aliphatic carbocycles. The van der Waals surface area contributed by atoms with Crippen LogP contribution >= 0.6 is 11.6 Å². The number of aromatic nitrogens is 2. The molecule has 1 aromatic heterocycles. The number of phenols is 1. The third-order valence-corrected chi connectivity index (χ3v) is 9.09. The maximum Gasteiger partial charge on any atom is 0.246 e. The third kappa shape index (κ3) is 6.05. The summed E-state index contributed by atoms with van der Waals surface area (Å²) in [7, 11) is 2.10. The zero-order chi connectivity index (χ0) is 31.7. The molecule has 0 unspecified atom stereocenters. The van der Waals surface area contributed by atoms with Gasteiger partial charge in [0.15, 0.2) is 5.82 Å². The molecule has 44 heavy (non-hydrogen) atoms. The third-order valence-electron chi connectivity index (χ3n) is 8.79. The second kappa shape index (κ2) is 13.2. The van der Waals surface area contributed by atoms with Gasteiger partial charge >= 0.3 is 0 Å². The van der Waals surface area contributed by atoms with Crippen LogP contribution in [0.2, 0.25) is 5.02 Å². The summed E-state index contributed by atoms with van der Waals surface area (Å²) in [5.41, 5.74) is 5.03. The normalized spacial score (nSPS) is 19.1. The van der Waals surface area contributed by atoms with Gasteiger partial charge in [-0.05, 0) is 71.1 Å². The van der Waals surface area contributed by atoms with Crippen LogP contribution < -0.4 is 15.5 Å². The number of hydrogen-bond donors (Lipinski definition) is 2. The second-order valence-corrected chi connectivity index (χ2v) is 12.3. The number of likely N-dealkylation sites (N-methyl/N-ethyl adjacent to an activating group) is 1. The number of phenolic OH excluding ortho intramolecular Hbond substituents is 1. The molecule has 2 aliphatic rings.